The Morgan fingerprint density at radius 3 is 2.27 bits per heavy atom. The van der Waals surface area contributed by atoms with E-state index in [1.807, 2.05) is 48.5 Å². The van der Waals surface area contributed by atoms with Crippen molar-refractivity contribution in [3.05, 3.63) is 81.9 Å². The summed E-state index contributed by atoms with van der Waals surface area (Å²) in [6.45, 7) is 3.36. The molecule has 3 rings (SSSR count). The summed E-state index contributed by atoms with van der Waals surface area (Å²) < 4.78 is 0. The Morgan fingerprint density at radius 1 is 1.09 bits per heavy atom. The van der Waals surface area contributed by atoms with Gasteiger partial charge in [-0.3, -0.25) is 15.0 Å². The summed E-state index contributed by atoms with van der Waals surface area (Å²) in [6, 6.07) is 19.6. The second kappa shape index (κ2) is 6.28. The van der Waals surface area contributed by atoms with E-state index < -0.39 is 6.04 Å². The third kappa shape index (κ3) is 2.88. The van der Waals surface area contributed by atoms with Crippen LogP contribution in [0.4, 0.5) is 0 Å². The van der Waals surface area contributed by atoms with Gasteiger partial charge in [0.1, 0.15) is 0 Å². The van der Waals surface area contributed by atoms with Crippen LogP contribution in [0.15, 0.2) is 60.7 Å². The molecule has 3 atom stereocenters. The summed E-state index contributed by atoms with van der Waals surface area (Å²) in [5.74, 6) is -0.0556. The highest BCUT2D eigenvalue weighted by molar-refractivity contribution is 5.25. The molecule has 4 nitrogen and oxygen atoms in total. The minimum Gasteiger partial charge on any atom is -0.289 e. The van der Waals surface area contributed by atoms with E-state index in [1.54, 1.807) is 0 Å². The van der Waals surface area contributed by atoms with Gasteiger partial charge in [-0.1, -0.05) is 60.7 Å². The van der Waals surface area contributed by atoms with Crippen molar-refractivity contribution in [1.82, 2.24) is 4.90 Å². The maximum absolute atomic E-state index is 11.5. The van der Waals surface area contributed by atoms with Crippen LogP contribution in [0.25, 0.3) is 0 Å². The molecule has 0 N–H and O–H groups in total. The molecule has 0 aromatic heterocycles. The van der Waals surface area contributed by atoms with Crippen LogP contribution in [0.5, 0.6) is 0 Å². The van der Waals surface area contributed by atoms with E-state index in [0.717, 1.165) is 12.1 Å². The molecule has 114 valence electrons. The van der Waals surface area contributed by atoms with Gasteiger partial charge in [0.15, 0.2) is 0 Å². The zero-order valence-electron chi connectivity index (χ0n) is 12.6. The summed E-state index contributed by atoms with van der Waals surface area (Å²) >= 11 is 0. The molecule has 1 aliphatic heterocycles. The molecule has 1 heterocycles. The first kappa shape index (κ1) is 14.7. The fourth-order valence-corrected chi connectivity index (χ4v) is 3.47. The third-order valence-corrected chi connectivity index (χ3v) is 4.62. The molecular weight excluding hydrogens is 276 g/mol. The van der Waals surface area contributed by atoms with Crippen molar-refractivity contribution in [2.75, 3.05) is 6.54 Å². The summed E-state index contributed by atoms with van der Waals surface area (Å²) in [5.41, 5.74) is 2.26. The predicted molar refractivity (Wildman–Crippen MR) is 86.3 cm³/mol. The van der Waals surface area contributed by atoms with E-state index in [-0.39, 0.29) is 16.9 Å². The van der Waals surface area contributed by atoms with Crippen molar-refractivity contribution in [1.29, 1.82) is 0 Å². The fourth-order valence-electron chi connectivity index (χ4n) is 3.47. The summed E-state index contributed by atoms with van der Waals surface area (Å²) in [7, 11) is 0. The average molecular weight is 296 g/mol. The van der Waals surface area contributed by atoms with Gasteiger partial charge in [0.05, 0.1) is 12.5 Å². The van der Waals surface area contributed by atoms with Crippen molar-refractivity contribution in [2.24, 2.45) is 0 Å². The van der Waals surface area contributed by atoms with Crippen molar-refractivity contribution in [3.63, 3.8) is 0 Å². The van der Waals surface area contributed by atoms with Crippen molar-refractivity contribution >= 4 is 0 Å². The Bertz CT molecular complexity index is 630. The lowest BCUT2D eigenvalue weighted by Gasteiger charge is -2.23. The zero-order valence-corrected chi connectivity index (χ0v) is 12.6. The molecule has 2 aromatic carbocycles. The largest absolute Gasteiger partial charge is 0.289 e. The first-order valence-corrected chi connectivity index (χ1v) is 7.63. The van der Waals surface area contributed by atoms with Crippen LogP contribution in [0.1, 0.15) is 24.0 Å². The molecule has 0 spiro atoms. The van der Waals surface area contributed by atoms with Crippen LogP contribution in [0.2, 0.25) is 0 Å². The standard InChI is InChI=1S/C18H20N2O2/c1-14-18(16-10-6-3-7-11-16)17(20(21)22)13-19(14)12-15-8-4-2-5-9-15/h2-11,14,17-18H,12-13H2,1H3/t14-,17+,18-/m0/s1. The van der Waals surface area contributed by atoms with Crippen LogP contribution in [-0.2, 0) is 6.54 Å². The van der Waals surface area contributed by atoms with E-state index in [0.29, 0.717) is 6.54 Å². The number of likely N-dealkylation sites (tertiary alicyclic amines) is 1. The molecule has 1 aliphatic rings. The number of rotatable bonds is 4. The second-order valence-electron chi connectivity index (χ2n) is 5.94. The summed E-state index contributed by atoms with van der Waals surface area (Å²) in [4.78, 5) is 13.6. The summed E-state index contributed by atoms with van der Waals surface area (Å²) in [6.07, 6.45) is 0. The molecule has 1 saturated heterocycles. The number of hydrogen-bond donors (Lipinski definition) is 0. The quantitative estimate of drug-likeness (QED) is 0.642. The second-order valence-corrected chi connectivity index (χ2v) is 5.94. The maximum atomic E-state index is 11.5. The van der Waals surface area contributed by atoms with Crippen LogP contribution in [0.3, 0.4) is 0 Å². The van der Waals surface area contributed by atoms with Gasteiger partial charge in [-0.25, -0.2) is 0 Å². The SMILES string of the molecule is C[C@H]1[C@@H](c2ccccc2)[C@H]([N+](=O)[O-])CN1Cc1ccccc1. The fraction of sp³-hybridized carbons (Fsp3) is 0.333. The van der Waals surface area contributed by atoms with Gasteiger partial charge in [-0.05, 0) is 18.1 Å². The van der Waals surface area contributed by atoms with Gasteiger partial charge in [0, 0.05) is 17.5 Å². The van der Waals surface area contributed by atoms with Crippen molar-refractivity contribution < 1.29 is 4.92 Å². The van der Waals surface area contributed by atoms with Crippen molar-refractivity contribution in [3.8, 4) is 0 Å². The van der Waals surface area contributed by atoms with Crippen LogP contribution >= 0.6 is 0 Å². The van der Waals surface area contributed by atoms with E-state index >= 15 is 0 Å². The highest BCUT2D eigenvalue weighted by atomic mass is 16.6. The third-order valence-electron chi connectivity index (χ3n) is 4.62. The monoisotopic (exact) mass is 296 g/mol. The van der Waals surface area contributed by atoms with Gasteiger partial charge in [-0.2, -0.15) is 0 Å². The van der Waals surface area contributed by atoms with E-state index in [4.69, 9.17) is 0 Å². The lowest BCUT2D eigenvalue weighted by atomic mass is 9.89. The Balaban J connectivity index is 1.85. The average Bonchev–Trinajstić information content (AvgIpc) is 2.86. The minimum absolute atomic E-state index is 0.0556. The molecule has 0 saturated carbocycles. The van der Waals surface area contributed by atoms with Crippen LogP contribution in [0, 0.1) is 10.1 Å². The molecule has 1 fully saturated rings. The topological polar surface area (TPSA) is 46.4 Å². The predicted octanol–water partition coefficient (Wildman–Crippen LogP) is 3.32. The molecular formula is C18H20N2O2. The number of nitrogens with zero attached hydrogens (tertiary/aromatic N) is 2. The Morgan fingerprint density at radius 2 is 1.68 bits per heavy atom. The first-order chi connectivity index (χ1) is 10.7. The normalized spacial score (nSPS) is 25.2. The molecule has 2 aromatic rings. The molecule has 0 bridgehead atoms. The van der Waals surface area contributed by atoms with Gasteiger partial charge in [0.25, 0.3) is 0 Å². The van der Waals surface area contributed by atoms with Gasteiger partial charge < -0.3 is 0 Å². The number of nitro groups is 1. The highest BCUT2D eigenvalue weighted by Gasteiger charge is 2.46. The zero-order chi connectivity index (χ0) is 15.5. The molecule has 4 heteroatoms. The number of benzene rings is 2. The van der Waals surface area contributed by atoms with E-state index in [2.05, 4.69) is 24.0 Å². The Kier molecular flexibility index (Phi) is 4.20. The molecule has 0 unspecified atom stereocenters. The Labute approximate surface area is 130 Å². The van der Waals surface area contributed by atoms with Crippen molar-refractivity contribution in [2.45, 2.75) is 31.5 Å². The molecule has 0 radical (unpaired) electrons. The first-order valence-electron chi connectivity index (χ1n) is 7.63. The number of hydrogen-bond acceptors (Lipinski definition) is 3. The highest BCUT2D eigenvalue weighted by Crippen LogP contribution is 2.35. The van der Waals surface area contributed by atoms with Gasteiger partial charge in [-0.15, -0.1) is 0 Å². The molecule has 0 aliphatic carbocycles. The lowest BCUT2D eigenvalue weighted by molar-refractivity contribution is -0.521. The minimum atomic E-state index is -0.541. The lowest BCUT2D eigenvalue weighted by Crippen LogP contribution is -2.28. The van der Waals surface area contributed by atoms with Crippen LogP contribution < -0.4 is 0 Å². The molecule has 0 amide bonds. The van der Waals surface area contributed by atoms with Gasteiger partial charge >= 0.3 is 0 Å². The van der Waals surface area contributed by atoms with Crippen LogP contribution in [-0.4, -0.2) is 28.5 Å². The smallest absolute Gasteiger partial charge is 0.233 e. The van der Waals surface area contributed by atoms with E-state index in [1.165, 1.54) is 5.56 Å². The summed E-state index contributed by atoms with van der Waals surface area (Å²) in [5, 5.41) is 11.5. The molecule has 22 heavy (non-hydrogen) atoms. The van der Waals surface area contributed by atoms with E-state index in [9.17, 15) is 10.1 Å². The maximum Gasteiger partial charge on any atom is 0.233 e. The van der Waals surface area contributed by atoms with Gasteiger partial charge in [0.2, 0.25) is 6.04 Å². The Hall–Kier alpha value is -2.20.